The van der Waals surface area contributed by atoms with Crippen molar-refractivity contribution in [2.45, 2.75) is 45.8 Å². The van der Waals surface area contributed by atoms with Crippen molar-refractivity contribution in [1.29, 1.82) is 0 Å². The summed E-state index contributed by atoms with van der Waals surface area (Å²) in [5.74, 6) is 0.0286. The Balaban J connectivity index is 2.51. The Labute approximate surface area is 103 Å². The van der Waals surface area contributed by atoms with Gasteiger partial charge >= 0.3 is 0 Å². The van der Waals surface area contributed by atoms with Gasteiger partial charge in [0.15, 0.2) is 0 Å². The van der Waals surface area contributed by atoms with Crippen LogP contribution in [0.3, 0.4) is 0 Å². The molecule has 0 aliphatic heterocycles. The van der Waals surface area contributed by atoms with Crippen molar-refractivity contribution in [2.75, 3.05) is 0 Å². The molecule has 0 aromatic carbocycles. The first-order valence-electron chi connectivity index (χ1n) is 5.97. The van der Waals surface area contributed by atoms with E-state index in [1.54, 1.807) is 12.4 Å². The van der Waals surface area contributed by atoms with Crippen molar-refractivity contribution in [2.24, 2.45) is 0 Å². The molecule has 0 spiro atoms. The highest BCUT2D eigenvalue weighted by Crippen LogP contribution is 2.10. The molecule has 0 aliphatic carbocycles. The van der Waals surface area contributed by atoms with Crippen molar-refractivity contribution in [3.05, 3.63) is 30.1 Å². The number of amides is 1. The summed E-state index contributed by atoms with van der Waals surface area (Å²) in [4.78, 5) is 15.7. The van der Waals surface area contributed by atoms with Crippen molar-refractivity contribution >= 4 is 5.91 Å². The molecule has 4 heteroatoms. The molecule has 0 radical (unpaired) electrons. The minimum Gasteiger partial charge on any atom is -0.353 e. The normalized spacial score (nSPS) is 14.4. The van der Waals surface area contributed by atoms with E-state index < -0.39 is 0 Å². The van der Waals surface area contributed by atoms with Crippen LogP contribution in [0.4, 0.5) is 0 Å². The molecule has 94 valence electrons. The largest absolute Gasteiger partial charge is 0.353 e. The van der Waals surface area contributed by atoms with Crippen molar-refractivity contribution < 1.29 is 4.79 Å². The molecular weight excluding hydrogens is 214 g/mol. The van der Waals surface area contributed by atoms with E-state index in [0.29, 0.717) is 0 Å². The second-order valence-electron chi connectivity index (χ2n) is 4.55. The summed E-state index contributed by atoms with van der Waals surface area (Å²) in [5, 5.41) is 6.15. The summed E-state index contributed by atoms with van der Waals surface area (Å²) in [7, 11) is 0. The van der Waals surface area contributed by atoms with Crippen LogP contribution in [0, 0.1) is 0 Å². The third-order valence-electron chi connectivity index (χ3n) is 2.53. The summed E-state index contributed by atoms with van der Waals surface area (Å²) in [5.41, 5.74) is 1.13. The minimum atomic E-state index is -0.208. The Bertz CT molecular complexity index is 351. The number of nitrogens with zero attached hydrogens (tertiary/aromatic N) is 1. The van der Waals surface area contributed by atoms with E-state index in [1.165, 1.54) is 0 Å². The molecule has 1 aromatic rings. The number of hydrogen-bond acceptors (Lipinski definition) is 3. The van der Waals surface area contributed by atoms with Gasteiger partial charge in [0.1, 0.15) is 0 Å². The molecule has 1 aromatic heterocycles. The minimum absolute atomic E-state index is 0.0286. The van der Waals surface area contributed by atoms with Gasteiger partial charge in [0.25, 0.3) is 0 Å². The zero-order valence-electron chi connectivity index (χ0n) is 10.9. The molecule has 0 saturated carbocycles. The molecule has 0 bridgehead atoms. The summed E-state index contributed by atoms with van der Waals surface area (Å²) >= 11 is 0. The Morgan fingerprint density at radius 2 is 1.76 bits per heavy atom. The lowest BCUT2D eigenvalue weighted by Crippen LogP contribution is -2.45. The molecule has 17 heavy (non-hydrogen) atoms. The quantitative estimate of drug-likeness (QED) is 0.816. The fraction of sp³-hybridized carbons (Fsp3) is 0.538. The van der Waals surface area contributed by atoms with Crippen LogP contribution in [0.25, 0.3) is 0 Å². The third-order valence-corrected chi connectivity index (χ3v) is 2.53. The van der Waals surface area contributed by atoms with E-state index in [2.05, 4.69) is 15.6 Å². The highest BCUT2D eigenvalue weighted by atomic mass is 16.2. The van der Waals surface area contributed by atoms with Gasteiger partial charge in [0.2, 0.25) is 5.91 Å². The average Bonchev–Trinajstić information content (AvgIpc) is 2.29. The average molecular weight is 235 g/mol. The van der Waals surface area contributed by atoms with E-state index in [1.807, 2.05) is 39.8 Å². The molecule has 1 amide bonds. The predicted molar refractivity (Wildman–Crippen MR) is 68.5 cm³/mol. The fourth-order valence-electron chi connectivity index (χ4n) is 1.61. The number of hydrogen-bond donors (Lipinski definition) is 2. The van der Waals surface area contributed by atoms with Crippen molar-refractivity contribution in [1.82, 2.24) is 15.6 Å². The molecule has 4 nitrogen and oxygen atoms in total. The van der Waals surface area contributed by atoms with Gasteiger partial charge in [-0.1, -0.05) is 0 Å². The number of nitrogens with one attached hydrogen (secondary N) is 2. The second-order valence-corrected chi connectivity index (χ2v) is 4.55. The lowest BCUT2D eigenvalue weighted by atomic mass is 10.1. The first-order valence-corrected chi connectivity index (χ1v) is 5.97. The van der Waals surface area contributed by atoms with Gasteiger partial charge in [-0.25, -0.2) is 0 Å². The number of carbonyl (C=O) groups excluding carboxylic acids is 1. The smallest absolute Gasteiger partial charge is 0.237 e. The van der Waals surface area contributed by atoms with Crippen molar-refractivity contribution in [3.8, 4) is 0 Å². The highest BCUT2D eigenvalue weighted by molar-refractivity contribution is 5.81. The maximum absolute atomic E-state index is 11.7. The highest BCUT2D eigenvalue weighted by Gasteiger charge is 2.16. The Kier molecular flexibility index (Phi) is 5.10. The first-order chi connectivity index (χ1) is 8.00. The second kappa shape index (κ2) is 6.35. The molecule has 1 rings (SSSR count). The lowest BCUT2D eigenvalue weighted by molar-refractivity contribution is -0.123. The molecular formula is C13H21N3O. The zero-order valence-corrected chi connectivity index (χ0v) is 10.9. The molecule has 1 unspecified atom stereocenters. The Morgan fingerprint density at radius 3 is 2.29 bits per heavy atom. The lowest BCUT2D eigenvalue weighted by Gasteiger charge is -2.20. The summed E-state index contributed by atoms with van der Waals surface area (Å²) in [6.07, 6.45) is 3.51. The number of pyridine rings is 1. The first kappa shape index (κ1) is 13.6. The molecule has 2 N–H and O–H groups in total. The monoisotopic (exact) mass is 235 g/mol. The van der Waals surface area contributed by atoms with Crippen LogP contribution >= 0.6 is 0 Å². The Hall–Kier alpha value is -1.42. The summed E-state index contributed by atoms with van der Waals surface area (Å²) < 4.78 is 0. The zero-order chi connectivity index (χ0) is 12.8. The van der Waals surface area contributed by atoms with Crippen LogP contribution in [-0.4, -0.2) is 23.0 Å². The molecule has 0 saturated heterocycles. The molecule has 0 aliphatic rings. The van der Waals surface area contributed by atoms with Gasteiger partial charge in [-0.05, 0) is 45.4 Å². The van der Waals surface area contributed by atoms with E-state index in [-0.39, 0.29) is 24.0 Å². The molecule has 1 heterocycles. The fourth-order valence-corrected chi connectivity index (χ4v) is 1.61. The van der Waals surface area contributed by atoms with Gasteiger partial charge < -0.3 is 5.32 Å². The Morgan fingerprint density at radius 1 is 1.18 bits per heavy atom. The number of aromatic nitrogens is 1. The number of carbonyl (C=O) groups is 1. The van der Waals surface area contributed by atoms with Gasteiger partial charge in [-0.3, -0.25) is 15.1 Å². The van der Waals surface area contributed by atoms with Gasteiger partial charge in [0, 0.05) is 24.5 Å². The maximum Gasteiger partial charge on any atom is 0.237 e. The SMILES string of the molecule is CC(C)NC(=O)C(C)N[C@H](C)c1ccncc1. The molecule has 0 fully saturated rings. The third kappa shape index (κ3) is 4.53. The van der Waals surface area contributed by atoms with Crippen LogP contribution < -0.4 is 10.6 Å². The number of rotatable bonds is 5. The summed E-state index contributed by atoms with van der Waals surface area (Å²) in [6, 6.07) is 3.99. The van der Waals surface area contributed by atoms with E-state index in [4.69, 9.17) is 0 Å². The summed E-state index contributed by atoms with van der Waals surface area (Å²) in [6.45, 7) is 7.82. The van der Waals surface area contributed by atoms with E-state index in [0.717, 1.165) is 5.56 Å². The van der Waals surface area contributed by atoms with Crippen LogP contribution in [-0.2, 0) is 4.79 Å². The maximum atomic E-state index is 11.7. The van der Waals surface area contributed by atoms with E-state index >= 15 is 0 Å². The van der Waals surface area contributed by atoms with Crippen LogP contribution in [0.15, 0.2) is 24.5 Å². The van der Waals surface area contributed by atoms with Crippen molar-refractivity contribution in [3.63, 3.8) is 0 Å². The van der Waals surface area contributed by atoms with Gasteiger partial charge in [-0.15, -0.1) is 0 Å². The van der Waals surface area contributed by atoms with Crippen LogP contribution in [0.1, 0.15) is 39.3 Å². The van der Waals surface area contributed by atoms with Gasteiger partial charge in [-0.2, -0.15) is 0 Å². The van der Waals surface area contributed by atoms with Crippen LogP contribution in [0.2, 0.25) is 0 Å². The van der Waals surface area contributed by atoms with E-state index in [9.17, 15) is 4.79 Å². The molecule has 2 atom stereocenters. The topological polar surface area (TPSA) is 54.0 Å². The van der Waals surface area contributed by atoms with Gasteiger partial charge in [0.05, 0.1) is 6.04 Å². The van der Waals surface area contributed by atoms with Crippen LogP contribution in [0.5, 0.6) is 0 Å². The standard InChI is InChI=1S/C13H21N3O/c1-9(2)15-13(17)11(4)16-10(3)12-5-7-14-8-6-12/h5-11,16H,1-4H3,(H,15,17)/t10-,11?/m1/s1. The predicted octanol–water partition coefficient (Wildman–Crippen LogP) is 1.65.